The van der Waals surface area contributed by atoms with Crippen LogP contribution in [-0.4, -0.2) is 21.2 Å². The van der Waals surface area contributed by atoms with E-state index in [9.17, 15) is 0 Å². The molecule has 20 heavy (non-hydrogen) atoms. The van der Waals surface area contributed by atoms with Gasteiger partial charge >= 0.3 is 0 Å². The summed E-state index contributed by atoms with van der Waals surface area (Å²) in [4.78, 5) is 8.75. The standard InChI is InChI=1S/C14H14BrN3O2/c15-12-6-10(11(7-16-12)19-9-4-5-9)13-17-14(20-18-13)8-2-1-3-8/h6-9H,1-5H2. The molecule has 0 amide bonds. The summed E-state index contributed by atoms with van der Waals surface area (Å²) in [6.45, 7) is 0. The highest BCUT2D eigenvalue weighted by Crippen LogP contribution is 2.38. The second-order valence-electron chi connectivity index (χ2n) is 5.40. The van der Waals surface area contributed by atoms with Crippen molar-refractivity contribution in [3.8, 4) is 17.1 Å². The van der Waals surface area contributed by atoms with Crippen LogP contribution in [0.25, 0.3) is 11.4 Å². The fourth-order valence-electron chi connectivity index (χ4n) is 2.22. The van der Waals surface area contributed by atoms with Crippen molar-refractivity contribution in [1.82, 2.24) is 15.1 Å². The highest BCUT2D eigenvalue weighted by Gasteiger charge is 2.28. The Kier molecular flexibility index (Phi) is 2.98. The van der Waals surface area contributed by atoms with E-state index in [1.54, 1.807) is 6.20 Å². The molecule has 2 aromatic heterocycles. The maximum absolute atomic E-state index is 5.87. The largest absolute Gasteiger partial charge is 0.488 e. The number of halogens is 1. The number of rotatable bonds is 4. The van der Waals surface area contributed by atoms with Gasteiger partial charge in [-0.2, -0.15) is 4.98 Å². The molecule has 2 saturated carbocycles. The lowest BCUT2D eigenvalue weighted by Gasteiger charge is -2.20. The first-order chi connectivity index (χ1) is 9.79. The summed E-state index contributed by atoms with van der Waals surface area (Å²) in [5.74, 6) is 2.51. The Balaban J connectivity index is 1.68. The SMILES string of the molecule is Brc1cc(-c2noc(C3CCC3)n2)c(OC2CC2)cn1. The van der Waals surface area contributed by atoms with E-state index in [0.29, 0.717) is 17.8 Å². The third kappa shape index (κ3) is 2.32. The summed E-state index contributed by atoms with van der Waals surface area (Å²) in [6.07, 6.45) is 7.79. The summed E-state index contributed by atoms with van der Waals surface area (Å²) in [6, 6.07) is 1.88. The summed E-state index contributed by atoms with van der Waals surface area (Å²) in [5, 5.41) is 4.10. The van der Waals surface area contributed by atoms with Gasteiger partial charge in [-0.25, -0.2) is 4.98 Å². The van der Waals surface area contributed by atoms with Crippen LogP contribution in [0.15, 0.2) is 21.4 Å². The van der Waals surface area contributed by atoms with E-state index < -0.39 is 0 Å². The molecule has 2 aliphatic rings. The molecule has 5 nitrogen and oxygen atoms in total. The zero-order valence-corrected chi connectivity index (χ0v) is 12.5. The molecule has 104 valence electrons. The molecule has 0 radical (unpaired) electrons. The molecule has 0 saturated heterocycles. The monoisotopic (exact) mass is 335 g/mol. The summed E-state index contributed by atoms with van der Waals surface area (Å²) < 4.78 is 12.0. The number of nitrogens with zero attached hydrogens (tertiary/aromatic N) is 3. The maximum atomic E-state index is 5.87. The van der Waals surface area contributed by atoms with Crippen LogP contribution in [0, 0.1) is 0 Å². The molecule has 0 N–H and O–H groups in total. The molecule has 2 aliphatic carbocycles. The molecule has 2 heterocycles. The average Bonchev–Trinajstić information content (AvgIpc) is 3.06. The van der Waals surface area contributed by atoms with Crippen molar-refractivity contribution in [3.63, 3.8) is 0 Å². The highest BCUT2D eigenvalue weighted by molar-refractivity contribution is 9.10. The highest BCUT2D eigenvalue weighted by atomic mass is 79.9. The molecule has 0 spiro atoms. The molecule has 6 heteroatoms. The Hall–Kier alpha value is -1.43. The zero-order chi connectivity index (χ0) is 13.5. The van der Waals surface area contributed by atoms with E-state index in [2.05, 4.69) is 31.1 Å². The van der Waals surface area contributed by atoms with Crippen LogP contribution in [0.5, 0.6) is 5.75 Å². The summed E-state index contributed by atoms with van der Waals surface area (Å²) in [7, 11) is 0. The molecule has 0 unspecified atom stereocenters. The third-order valence-corrected chi connectivity index (χ3v) is 4.22. The lowest BCUT2D eigenvalue weighted by atomic mass is 9.85. The van der Waals surface area contributed by atoms with Crippen LogP contribution >= 0.6 is 15.9 Å². The zero-order valence-electron chi connectivity index (χ0n) is 10.9. The van der Waals surface area contributed by atoms with Gasteiger partial charge in [-0.15, -0.1) is 0 Å². The van der Waals surface area contributed by atoms with Gasteiger partial charge in [0.25, 0.3) is 0 Å². The van der Waals surface area contributed by atoms with Crippen LogP contribution in [0.4, 0.5) is 0 Å². The van der Waals surface area contributed by atoms with Gasteiger partial charge in [-0.05, 0) is 47.7 Å². The van der Waals surface area contributed by atoms with Gasteiger partial charge in [0.1, 0.15) is 10.4 Å². The Morgan fingerprint density at radius 2 is 2.10 bits per heavy atom. The molecule has 0 aliphatic heterocycles. The van der Waals surface area contributed by atoms with E-state index in [1.165, 1.54) is 6.42 Å². The first-order valence-corrected chi connectivity index (χ1v) is 7.75. The molecular formula is C14H14BrN3O2. The minimum atomic E-state index is 0.315. The van der Waals surface area contributed by atoms with Gasteiger partial charge in [-0.3, -0.25) is 0 Å². The predicted molar refractivity (Wildman–Crippen MR) is 75.5 cm³/mol. The molecule has 0 atom stereocenters. The number of hydrogen-bond donors (Lipinski definition) is 0. The van der Waals surface area contributed by atoms with Crippen molar-refractivity contribution in [2.45, 2.75) is 44.1 Å². The van der Waals surface area contributed by atoms with Crippen LogP contribution in [0.2, 0.25) is 0 Å². The Labute approximate surface area is 124 Å². The lowest BCUT2D eigenvalue weighted by Crippen LogP contribution is -2.08. The normalized spacial score (nSPS) is 18.9. The Bertz CT molecular complexity index is 635. The van der Waals surface area contributed by atoms with Crippen molar-refractivity contribution in [2.24, 2.45) is 0 Å². The van der Waals surface area contributed by atoms with Gasteiger partial charge in [0, 0.05) is 5.92 Å². The van der Waals surface area contributed by atoms with Crippen molar-refractivity contribution >= 4 is 15.9 Å². The van der Waals surface area contributed by atoms with Crippen LogP contribution < -0.4 is 4.74 Å². The molecule has 2 aromatic rings. The van der Waals surface area contributed by atoms with E-state index in [1.807, 2.05) is 6.07 Å². The van der Waals surface area contributed by atoms with Crippen molar-refractivity contribution < 1.29 is 9.26 Å². The number of aromatic nitrogens is 3. The third-order valence-electron chi connectivity index (χ3n) is 3.79. The minimum absolute atomic E-state index is 0.315. The molecule has 0 bridgehead atoms. The molecule has 4 rings (SSSR count). The quantitative estimate of drug-likeness (QED) is 0.797. The first kappa shape index (κ1) is 12.3. The summed E-state index contributed by atoms with van der Waals surface area (Å²) in [5.41, 5.74) is 0.841. The van der Waals surface area contributed by atoms with E-state index >= 15 is 0 Å². The fourth-order valence-corrected chi connectivity index (χ4v) is 2.55. The smallest absolute Gasteiger partial charge is 0.230 e. The van der Waals surface area contributed by atoms with E-state index in [0.717, 1.165) is 47.5 Å². The number of pyridine rings is 1. The topological polar surface area (TPSA) is 61.0 Å². The average molecular weight is 336 g/mol. The van der Waals surface area contributed by atoms with Crippen molar-refractivity contribution in [2.75, 3.05) is 0 Å². The fraction of sp³-hybridized carbons (Fsp3) is 0.500. The van der Waals surface area contributed by atoms with Gasteiger partial charge in [0.15, 0.2) is 0 Å². The van der Waals surface area contributed by atoms with Crippen LogP contribution in [0.1, 0.15) is 43.9 Å². The minimum Gasteiger partial charge on any atom is -0.488 e. The predicted octanol–water partition coefficient (Wildman–Crippen LogP) is 3.70. The molecule has 0 aromatic carbocycles. The van der Waals surface area contributed by atoms with E-state index in [-0.39, 0.29) is 0 Å². The van der Waals surface area contributed by atoms with Gasteiger partial charge < -0.3 is 9.26 Å². The van der Waals surface area contributed by atoms with Crippen LogP contribution in [-0.2, 0) is 0 Å². The van der Waals surface area contributed by atoms with E-state index in [4.69, 9.17) is 9.26 Å². The Morgan fingerprint density at radius 1 is 1.25 bits per heavy atom. The second-order valence-corrected chi connectivity index (χ2v) is 6.22. The second kappa shape index (κ2) is 4.84. The molecular weight excluding hydrogens is 322 g/mol. The van der Waals surface area contributed by atoms with Crippen LogP contribution in [0.3, 0.4) is 0 Å². The van der Waals surface area contributed by atoms with Crippen molar-refractivity contribution in [3.05, 3.63) is 22.8 Å². The number of hydrogen-bond acceptors (Lipinski definition) is 5. The lowest BCUT2D eigenvalue weighted by molar-refractivity contribution is 0.292. The first-order valence-electron chi connectivity index (χ1n) is 6.96. The van der Waals surface area contributed by atoms with Gasteiger partial charge in [0.2, 0.25) is 11.7 Å². The van der Waals surface area contributed by atoms with Crippen molar-refractivity contribution in [1.29, 1.82) is 0 Å². The summed E-state index contributed by atoms with van der Waals surface area (Å²) >= 11 is 3.38. The maximum Gasteiger partial charge on any atom is 0.230 e. The number of ether oxygens (including phenoxy) is 1. The Morgan fingerprint density at radius 3 is 2.80 bits per heavy atom. The van der Waals surface area contributed by atoms with Gasteiger partial charge in [0.05, 0.1) is 17.9 Å². The van der Waals surface area contributed by atoms with Gasteiger partial charge in [-0.1, -0.05) is 11.6 Å². The molecule has 2 fully saturated rings.